The summed E-state index contributed by atoms with van der Waals surface area (Å²) in [6, 6.07) is 3.24. The van der Waals surface area contributed by atoms with E-state index in [0.717, 1.165) is 12.0 Å². The molecular formula is C11H15Cl4N. The Bertz CT molecular complexity index is 352. The Morgan fingerprint density at radius 1 is 1.12 bits per heavy atom. The van der Waals surface area contributed by atoms with Gasteiger partial charge in [-0.25, -0.2) is 0 Å². The van der Waals surface area contributed by atoms with Gasteiger partial charge >= 0.3 is 0 Å². The lowest BCUT2D eigenvalue weighted by Crippen LogP contribution is -2.14. The third kappa shape index (κ3) is 3.97. The molecule has 5 heteroatoms. The molecule has 2 N–H and O–H groups in total. The van der Waals surface area contributed by atoms with Gasteiger partial charge in [0.2, 0.25) is 0 Å². The molecule has 1 nitrogen and oxygen atoms in total. The Balaban J connectivity index is 0.00000225. The maximum absolute atomic E-state index is 6.08. The minimum atomic E-state index is -0.163. The van der Waals surface area contributed by atoms with Crippen molar-refractivity contribution in [2.24, 2.45) is 11.7 Å². The van der Waals surface area contributed by atoms with Crippen molar-refractivity contribution >= 4 is 47.2 Å². The van der Waals surface area contributed by atoms with E-state index in [9.17, 15) is 0 Å². The maximum Gasteiger partial charge on any atom is 0.0654 e. The molecule has 0 radical (unpaired) electrons. The second-order valence-electron chi connectivity index (χ2n) is 3.99. The Kier molecular flexibility index (Phi) is 7.07. The maximum atomic E-state index is 6.08. The van der Waals surface area contributed by atoms with Crippen molar-refractivity contribution in [3.63, 3.8) is 0 Å². The van der Waals surface area contributed by atoms with Crippen molar-refractivity contribution in [3.05, 3.63) is 32.8 Å². The molecule has 1 rings (SSSR count). The van der Waals surface area contributed by atoms with Crippen LogP contribution < -0.4 is 5.73 Å². The van der Waals surface area contributed by atoms with Crippen LogP contribution in [0.2, 0.25) is 15.1 Å². The van der Waals surface area contributed by atoms with Crippen LogP contribution in [0.1, 0.15) is 31.9 Å². The zero-order chi connectivity index (χ0) is 11.6. The summed E-state index contributed by atoms with van der Waals surface area (Å²) >= 11 is 18.1. The van der Waals surface area contributed by atoms with E-state index in [4.69, 9.17) is 40.5 Å². The predicted octanol–water partition coefficient (Wildman–Crippen LogP) is 5.11. The van der Waals surface area contributed by atoms with Crippen LogP contribution in [0.25, 0.3) is 0 Å². The summed E-state index contributed by atoms with van der Waals surface area (Å²) in [5.74, 6) is 0.492. The number of benzene rings is 1. The Morgan fingerprint density at radius 3 is 2.12 bits per heavy atom. The SMILES string of the molecule is CC(C)C[C@H](N)c1c(Cl)ccc(Cl)c1Cl.Cl. The molecule has 0 bridgehead atoms. The van der Waals surface area contributed by atoms with Crippen LogP contribution in [0, 0.1) is 5.92 Å². The fraction of sp³-hybridized carbons (Fsp3) is 0.455. The fourth-order valence-electron chi connectivity index (χ4n) is 1.51. The van der Waals surface area contributed by atoms with E-state index < -0.39 is 0 Å². The second-order valence-corrected chi connectivity index (χ2v) is 5.19. The quantitative estimate of drug-likeness (QED) is 0.771. The standard InChI is InChI=1S/C11H14Cl3N.ClH/c1-6(2)5-9(15)10-7(12)3-4-8(13)11(10)14;/h3-4,6,9H,5,15H2,1-2H3;1H/t9-;/m0./s1. The lowest BCUT2D eigenvalue weighted by Gasteiger charge is -2.17. The molecule has 0 aromatic heterocycles. The molecule has 0 spiro atoms. The lowest BCUT2D eigenvalue weighted by molar-refractivity contribution is 0.510. The van der Waals surface area contributed by atoms with E-state index in [1.165, 1.54) is 0 Å². The Hall–Kier alpha value is 0.340. The molecule has 0 heterocycles. The molecule has 0 amide bonds. The Morgan fingerprint density at radius 2 is 1.62 bits per heavy atom. The summed E-state index contributed by atoms with van der Waals surface area (Å²) in [5, 5.41) is 1.55. The van der Waals surface area contributed by atoms with E-state index in [1.807, 2.05) is 0 Å². The summed E-state index contributed by atoms with van der Waals surface area (Å²) in [5.41, 5.74) is 6.79. The van der Waals surface area contributed by atoms with Gasteiger partial charge in [0.1, 0.15) is 0 Å². The number of nitrogens with two attached hydrogens (primary N) is 1. The monoisotopic (exact) mass is 301 g/mol. The summed E-state index contributed by atoms with van der Waals surface area (Å²) in [7, 11) is 0. The van der Waals surface area contributed by atoms with Crippen molar-refractivity contribution in [1.29, 1.82) is 0 Å². The third-order valence-electron chi connectivity index (χ3n) is 2.18. The summed E-state index contributed by atoms with van der Waals surface area (Å²) in [6.45, 7) is 4.21. The first-order chi connectivity index (χ1) is 6.93. The predicted molar refractivity (Wildman–Crippen MR) is 75.1 cm³/mol. The highest BCUT2D eigenvalue weighted by molar-refractivity contribution is 6.44. The van der Waals surface area contributed by atoms with E-state index in [0.29, 0.717) is 21.0 Å². The minimum Gasteiger partial charge on any atom is -0.324 e. The minimum absolute atomic E-state index is 0. The highest BCUT2D eigenvalue weighted by atomic mass is 35.5. The van der Waals surface area contributed by atoms with Crippen LogP contribution in [0.5, 0.6) is 0 Å². The van der Waals surface area contributed by atoms with Crippen LogP contribution in [0.4, 0.5) is 0 Å². The van der Waals surface area contributed by atoms with Gasteiger partial charge in [-0.3, -0.25) is 0 Å². The molecule has 1 aromatic carbocycles. The normalized spacial score (nSPS) is 12.4. The molecule has 0 saturated heterocycles. The van der Waals surface area contributed by atoms with Gasteiger partial charge in [-0.2, -0.15) is 0 Å². The van der Waals surface area contributed by atoms with Gasteiger partial charge in [0, 0.05) is 16.6 Å². The smallest absolute Gasteiger partial charge is 0.0654 e. The van der Waals surface area contributed by atoms with E-state index in [-0.39, 0.29) is 18.4 Å². The van der Waals surface area contributed by atoms with E-state index in [2.05, 4.69) is 13.8 Å². The van der Waals surface area contributed by atoms with Gasteiger partial charge in [0.05, 0.1) is 10.0 Å². The first-order valence-electron chi connectivity index (χ1n) is 4.82. The van der Waals surface area contributed by atoms with E-state index >= 15 is 0 Å². The second kappa shape index (κ2) is 6.93. The van der Waals surface area contributed by atoms with Crippen molar-refractivity contribution in [2.75, 3.05) is 0 Å². The van der Waals surface area contributed by atoms with Gasteiger partial charge in [-0.1, -0.05) is 48.7 Å². The average Bonchev–Trinajstić information content (AvgIpc) is 2.11. The van der Waals surface area contributed by atoms with Crippen molar-refractivity contribution in [2.45, 2.75) is 26.3 Å². The van der Waals surface area contributed by atoms with Crippen LogP contribution in [-0.4, -0.2) is 0 Å². The van der Waals surface area contributed by atoms with Gasteiger partial charge in [0.25, 0.3) is 0 Å². The van der Waals surface area contributed by atoms with Gasteiger partial charge in [-0.15, -0.1) is 12.4 Å². The Labute approximate surface area is 118 Å². The molecule has 0 aliphatic rings. The summed E-state index contributed by atoms with van der Waals surface area (Å²) in [6.07, 6.45) is 0.833. The van der Waals surface area contributed by atoms with Crippen molar-refractivity contribution in [3.8, 4) is 0 Å². The molecular weight excluding hydrogens is 288 g/mol. The molecule has 0 aliphatic heterocycles. The first kappa shape index (κ1) is 16.3. The average molecular weight is 303 g/mol. The number of hydrogen-bond donors (Lipinski definition) is 1. The topological polar surface area (TPSA) is 26.0 Å². The summed E-state index contributed by atoms with van der Waals surface area (Å²) in [4.78, 5) is 0. The number of halogens is 4. The highest BCUT2D eigenvalue weighted by Crippen LogP contribution is 2.36. The largest absolute Gasteiger partial charge is 0.324 e. The molecule has 1 aromatic rings. The molecule has 0 fully saturated rings. The molecule has 16 heavy (non-hydrogen) atoms. The third-order valence-corrected chi connectivity index (χ3v) is 3.32. The van der Waals surface area contributed by atoms with Crippen LogP contribution in [0.15, 0.2) is 12.1 Å². The van der Waals surface area contributed by atoms with Crippen molar-refractivity contribution < 1.29 is 0 Å². The highest BCUT2D eigenvalue weighted by Gasteiger charge is 2.17. The molecule has 1 atom stereocenters. The van der Waals surface area contributed by atoms with Gasteiger partial charge in [-0.05, 0) is 24.5 Å². The zero-order valence-electron chi connectivity index (χ0n) is 9.14. The fourth-order valence-corrected chi connectivity index (χ4v) is 2.32. The summed E-state index contributed by atoms with van der Waals surface area (Å²) < 4.78 is 0. The lowest BCUT2D eigenvalue weighted by atomic mass is 9.98. The molecule has 92 valence electrons. The van der Waals surface area contributed by atoms with Crippen molar-refractivity contribution in [1.82, 2.24) is 0 Å². The van der Waals surface area contributed by atoms with Crippen LogP contribution in [0.3, 0.4) is 0 Å². The van der Waals surface area contributed by atoms with Crippen LogP contribution >= 0.6 is 47.2 Å². The van der Waals surface area contributed by atoms with Gasteiger partial charge < -0.3 is 5.73 Å². The zero-order valence-corrected chi connectivity index (χ0v) is 12.2. The first-order valence-corrected chi connectivity index (χ1v) is 5.95. The van der Waals surface area contributed by atoms with E-state index in [1.54, 1.807) is 12.1 Å². The molecule has 0 unspecified atom stereocenters. The number of hydrogen-bond acceptors (Lipinski definition) is 1. The number of rotatable bonds is 3. The van der Waals surface area contributed by atoms with Gasteiger partial charge in [0.15, 0.2) is 0 Å². The molecule has 0 saturated carbocycles. The molecule has 0 aliphatic carbocycles. The van der Waals surface area contributed by atoms with Crippen LogP contribution in [-0.2, 0) is 0 Å².